The lowest BCUT2D eigenvalue weighted by Gasteiger charge is -1.93. The highest BCUT2D eigenvalue weighted by Crippen LogP contribution is 2.13. The Labute approximate surface area is 69.5 Å². The fourth-order valence-corrected chi connectivity index (χ4v) is 1.46. The Hall–Kier alpha value is -1.09. The Balaban J connectivity index is 3.06. The summed E-state index contributed by atoms with van der Waals surface area (Å²) in [5, 5.41) is 1.12. The SMILES string of the molecule is Cn1ccc2c(=S)[nH]ccc21. The molecular formula is C8H8N2S. The number of hydrogen-bond acceptors (Lipinski definition) is 1. The van der Waals surface area contributed by atoms with Crippen molar-refractivity contribution in [1.82, 2.24) is 9.55 Å². The molecule has 0 aromatic carbocycles. The molecule has 2 aromatic heterocycles. The van der Waals surface area contributed by atoms with Crippen molar-refractivity contribution >= 4 is 23.1 Å². The van der Waals surface area contributed by atoms with E-state index in [0.29, 0.717) is 0 Å². The third-order valence-electron chi connectivity index (χ3n) is 1.82. The molecule has 56 valence electrons. The zero-order valence-electron chi connectivity index (χ0n) is 6.16. The minimum atomic E-state index is 0.808. The van der Waals surface area contributed by atoms with E-state index in [4.69, 9.17) is 12.2 Å². The van der Waals surface area contributed by atoms with Gasteiger partial charge in [0.25, 0.3) is 0 Å². The molecule has 0 atom stereocenters. The number of aryl methyl sites for hydroxylation is 1. The number of H-pyrrole nitrogens is 1. The average Bonchev–Trinajstić information content (AvgIpc) is 2.35. The van der Waals surface area contributed by atoms with Crippen molar-refractivity contribution in [2.24, 2.45) is 7.05 Å². The second-order valence-electron chi connectivity index (χ2n) is 2.53. The van der Waals surface area contributed by atoms with Gasteiger partial charge in [0.05, 0.1) is 5.52 Å². The molecule has 0 unspecified atom stereocenters. The predicted molar refractivity (Wildman–Crippen MR) is 48.1 cm³/mol. The van der Waals surface area contributed by atoms with Crippen LogP contribution in [0.25, 0.3) is 10.9 Å². The summed E-state index contributed by atoms with van der Waals surface area (Å²) >= 11 is 5.10. The Morgan fingerprint density at radius 1 is 1.45 bits per heavy atom. The number of hydrogen-bond donors (Lipinski definition) is 1. The zero-order chi connectivity index (χ0) is 7.84. The molecule has 2 aromatic rings. The minimum absolute atomic E-state index is 0.808. The van der Waals surface area contributed by atoms with E-state index in [1.165, 1.54) is 5.52 Å². The van der Waals surface area contributed by atoms with E-state index < -0.39 is 0 Å². The molecule has 0 radical (unpaired) electrons. The fourth-order valence-electron chi connectivity index (χ4n) is 1.22. The monoisotopic (exact) mass is 164 g/mol. The molecule has 2 nitrogen and oxygen atoms in total. The van der Waals surface area contributed by atoms with Crippen LogP contribution < -0.4 is 0 Å². The van der Waals surface area contributed by atoms with Gasteiger partial charge in [-0.3, -0.25) is 0 Å². The van der Waals surface area contributed by atoms with E-state index in [0.717, 1.165) is 10.0 Å². The highest BCUT2D eigenvalue weighted by molar-refractivity contribution is 7.71. The number of aromatic nitrogens is 2. The van der Waals surface area contributed by atoms with Gasteiger partial charge in [0.2, 0.25) is 0 Å². The van der Waals surface area contributed by atoms with E-state index in [9.17, 15) is 0 Å². The van der Waals surface area contributed by atoms with Gasteiger partial charge >= 0.3 is 0 Å². The molecule has 0 saturated carbocycles. The quantitative estimate of drug-likeness (QED) is 0.592. The maximum atomic E-state index is 5.10. The Morgan fingerprint density at radius 3 is 3.00 bits per heavy atom. The lowest BCUT2D eigenvalue weighted by Crippen LogP contribution is -1.83. The summed E-state index contributed by atoms with van der Waals surface area (Å²) in [6.07, 6.45) is 3.87. The minimum Gasteiger partial charge on any atom is -0.352 e. The number of pyridine rings is 1. The molecule has 0 spiro atoms. The number of nitrogens with one attached hydrogen (secondary N) is 1. The largest absolute Gasteiger partial charge is 0.352 e. The summed E-state index contributed by atoms with van der Waals surface area (Å²) in [7, 11) is 2.01. The highest BCUT2D eigenvalue weighted by atomic mass is 32.1. The van der Waals surface area contributed by atoms with Crippen molar-refractivity contribution in [1.29, 1.82) is 0 Å². The number of rotatable bonds is 0. The Kier molecular flexibility index (Phi) is 1.32. The van der Waals surface area contributed by atoms with E-state index in [1.807, 2.05) is 31.6 Å². The molecule has 0 aliphatic heterocycles. The van der Waals surface area contributed by atoms with Crippen LogP contribution in [0.1, 0.15) is 0 Å². The van der Waals surface area contributed by atoms with Gasteiger partial charge in [0, 0.05) is 24.8 Å². The van der Waals surface area contributed by atoms with E-state index >= 15 is 0 Å². The number of fused-ring (bicyclic) bond motifs is 1. The van der Waals surface area contributed by atoms with Crippen molar-refractivity contribution in [2.75, 3.05) is 0 Å². The summed E-state index contributed by atoms with van der Waals surface area (Å²) < 4.78 is 2.86. The lowest BCUT2D eigenvalue weighted by atomic mass is 10.3. The van der Waals surface area contributed by atoms with Crippen molar-refractivity contribution in [3.63, 3.8) is 0 Å². The molecule has 11 heavy (non-hydrogen) atoms. The van der Waals surface area contributed by atoms with Crippen LogP contribution in [-0.2, 0) is 7.05 Å². The molecule has 0 aliphatic rings. The third kappa shape index (κ3) is 0.886. The van der Waals surface area contributed by atoms with Gasteiger partial charge in [0.1, 0.15) is 4.64 Å². The van der Waals surface area contributed by atoms with Gasteiger partial charge < -0.3 is 9.55 Å². The summed E-state index contributed by atoms with van der Waals surface area (Å²) in [6.45, 7) is 0. The zero-order valence-corrected chi connectivity index (χ0v) is 6.98. The lowest BCUT2D eigenvalue weighted by molar-refractivity contribution is 0.968. The average molecular weight is 164 g/mol. The Bertz CT molecular complexity index is 439. The first-order chi connectivity index (χ1) is 5.29. The van der Waals surface area contributed by atoms with Gasteiger partial charge in [-0.15, -0.1) is 0 Å². The molecule has 0 saturated heterocycles. The van der Waals surface area contributed by atoms with Gasteiger partial charge in [-0.25, -0.2) is 0 Å². The van der Waals surface area contributed by atoms with E-state index in [-0.39, 0.29) is 0 Å². The second-order valence-corrected chi connectivity index (χ2v) is 2.94. The second kappa shape index (κ2) is 2.20. The van der Waals surface area contributed by atoms with Crippen molar-refractivity contribution < 1.29 is 0 Å². The molecule has 2 rings (SSSR count). The predicted octanol–water partition coefficient (Wildman–Crippen LogP) is 2.24. The molecule has 2 heterocycles. The molecule has 0 amide bonds. The molecule has 0 bridgehead atoms. The van der Waals surface area contributed by atoms with Crippen molar-refractivity contribution in [3.05, 3.63) is 29.2 Å². The maximum Gasteiger partial charge on any atom is 0.112 e. The summed E-state index contributed by atoms with van der Waals surface area (Å²) in [4.78, 5) is 2.99. The number of aromatic amines is 1. The highest BCUT2D eigenvalue weighted by Gasteiger charge is 1.96. The van der Waals surface area contributed by atoms with E-state index in [1.54, 1.807) is 0 Å². The smallest absolute Gasteiger partial charge is 0.112 e. The van der Waals surface area contributed by atoms with Crippen LogP contribution in [0, 0.1) is 4.64 Å². The summed E-state index contributed by atoms with van der Waals surface area (Å²) in [5.41, 5.74) is 1.17. The van der Waals surface area contributed by atoms with Crippen LogP contribution >= 0.6 is 12.2 Å². The van der Waals surface area contributed by atoms with Crippen molar-refractivity contribution in [2.45, 2.75) is 0 Å². The standard InChI is InChI=1S/C8H8N2S/c1-10-5-3-6-7(10)2-4-9-8(6)11/h2-5H,1H3,(H,9,11). The normalized spacial score (nSPS) is 10.6. The molecule has 0 fully saturated rings. The first-order valence-corrected chi connectivity index (χ1v) is 3.82. The molecule has 0 aliphatic carbocycles. The van der Waals surface area contributed by atoms with Crippen LogP contribution in [-0.4, -0.2) is 9.55 Å². The number of nitrogens with zero attached hydrogens (tertiary/aromatic N) is 1. The van der Waals surface area contributed by atoms with Crippen molar-refractivity contribution in [3.8, 4) is 0 Å². The summed E-state index contributed by atoms with van der Waals surface area (Å²) in [5.74, 6) is 0. The topological polar surface area (TPSA) is 20.7 Å². The van der Waals surface area contributed by atoms with Crippen LogP contribution in [0.3, 0.4) is 0 Å². The Morgan fingerprint density at radius 2 is 2.27 bits per heavy atom. The van der Waals surface area contributed by atoms with Crippen LogP contribution in [0.2, 0.25) is 0 Å². The van der Waals surface area contributed by atoms with Gasteiger partial charge in [-0.1, -0.05) is 12.2 Å². The molecule has 1 N–H and O–H groups in total. The van der Waals surface area contributed by atoms with Gasteiger partial charge in [0.15, 0.2) is 0 Å². The maximum absolute atomic E-state index is 5.10. The van der Waals surface area contributed by atoms with Crippen LogP contribution in [0.4, 0.5) is 0 Å². The fraction of sp³-hybridized carbons (Fsp3) is 0.125. The first-order valence-electron chi connectivity index (χ1n) is 3.42. The first kappa shape index (κ1) is 6.61. The van der Waals surface area contributed by atoms with Crippen LogP contribution in [0.15, 0.2) is 24.5 Å². The molecular weight excluding hydrogens is 156 g/mol. The van der Waals surface area contributed by atoms with Gasteiger partial charge in [-0.2, -0.15) is 0 Å². The van der Waals surface area contributed by atoms with E-state index in [2.05, 4.69) is 9.55 Å². The third-order valence-corrected chi connectivity index (χ3v) is 2.16. The summed E-state index contributed by atoms with van der Waals surface area (Å²) in [6, 6.07) is 4.04. The van der Waals surface area contributed by atoms with Crippen LogP contribution in [0.5, 0.6) is 0 Å². The molecule has 3 heteroatoms. The van der Waals surface area contributed by atoms with Gasteiger partial charge in [-0.05, 0) is 12.1 Å².